The van der Waals surface area contributed by atoms with E-state index in [-0.39, 0.29) is 0 Å². The summed E-state index contributed by atoms with van der Waals surface area (Å²) < 4.78 is 1.77. The average Bonchev–Trinajstić information content (AvgIpc) is 2.43. The quantitative estimate of drug-likeness (QED) is 0.680. The molecule has 0 fully saturated rings. The summed E-state index contributed by atoms with van der Waals surface area (Å²) in [5, 5.41) is 4.08. The van der Waals surface area contributed by atoms with Crippen molar-refractivity contribution in [3.8, 4) is 0 Å². The Balaban J connectivity index is 2.32. The van der Waals surface area contributed by atoms with Gasteiger partial charge >= 0.3 is 0 Å². The predicted octanol–water partition coefficient (Wildman–Crippen LogP) is 1.63. The zero-order valence-electron chi connectivity index (χ0n) is 8.16. The minimum absolute atomic E-state index is 0.579. The minimum Gasteiger partial charge on any atom is -0.394 e. The van der Waals surface area contributed by atoms with Gasteiger partial charge in [0.25, 0.3) is 0 Å². The fraction of sp³-hybridized carbons (Fsp3) is 0.667. The molecule has 0 aliphatic heterocycles. The highest BCUT2D eigenvalue weighted by Gasteiger charge is 2.02. The van der Waals surface area contributed by atoms with E-state index in [2.05, 4.69) is 12.0 Å². The van der Waals surface area contributed by atoms with E-state index in [0.29, 0.717) is 11.5 Å². The second kappa shape index (κ2) is 4.74. The third kappa shape index (κ3) is 2.65. The Morgan fingerprint density at radius 2 is 2.08 bits per heavy atom. The molecule has 4 heteroatoms. The second-order valence-corrected chi connectivity index (χ2v) is 3.27. The lowest BCUT2D eigenvalue weighted by molar-refractivity contribution is 0.547. The van der Waals surface area contributed by atoms with Crippen LogP contribution in [0.1, 0.15) is 32.6 Å². The molecule has 0 amide bonds. The molecule has 0 saturated carbocycles. The van der Waals surface area contributed by atoms with Gasteiger partial charge in [0.05, 0.1) is 11.9 Å². The van der Waals surface area contributed by atoms with Gasteiger partial charge in [-0.05, 0) is 6.42 Å². The fourth-order valence-corrected chi connectivity index (χ4v) is 1.28. The average molecular weight is 182 g/mol. The van der Waals surface area contributed by atoms with Crippen molar-refractivity contribution in [3.63, 3.8) is 0 Å². The lowest BCUT2D eigenvalue weighted by Gasteiger charge is -2.03. The van der Waals surface area contributed by atoms with E-state index in [1.54, 1.807) is 10.9 Å². The third-order valence-electron chi connectivity index (χ3n) is 2.13. The number of nitrogens with two attached hydrogens (primary N) is 2. The van der Waals surface area contributed by atoms with Crippen molar-refractivity contribution < 1.29 is 0 Å². The molecule has 0 aliphatic rings. The Morgan fingerprint density at radius 1 is 1.31 bits per heavy atom. The van der Waals surface area contributed by atoms with Crippen molar-refractivity contribution in [2.45, 2.75) is 39.2 Å². The number of nitrogen functional groups attached to an aromatic ring is 2. The van der Waals surface area contributed by atoms with Gasteiger partial charge in [0.1, 0.15) is 5.82 Å². The molecule has 1 heterocycles. The third-order valence-corrected chi connectivity index (χ3v) is 2.13. The summed E-state index contributed by atoms with van der Waals surface area (Å²) in [6, 6.07) is 0. The fourth-order valence-electron chi connectivity index (χ4n) is 1.28. The molecule has 0 spiro atoms. The van der Waals surface area contributed by atoms with Crippen LogP contribution in [0.4, 0.5) is 11.5 Å². The van der Waals surface area contributed by atoms with Crippen LogP contribution in [0.5, 0.6) is 0 Å². The summed E-state index contributed by atoms with van der Waals surface area (Å²) in [5.41, 5.74) is 11.8. The van der Waals surface area contributed by atoms with Crippen LogP contribution in [-0.4, -0.2) is 9.78 Å². The number of hydrogen-bond donors (Lipinski definition) is 2. The van der Waals surface area contributed by atoms with Crippen molar-refractivity contribution >= 4 is 11.5 Å². The van der Waals surface area contributed by atoms with E-state index in [1.807, 2.05) is 0 Å². The maximum Gasteiger partial charge on any atom is 0.145 e. The molecule has 0 radical (unpaired) electrons. The summed E-state index contributed by atoms with van der Waals surface area (Å²) in [6.45, 7) is 3.07. The van der Waals surface area contributed by atoms with E-state index in [1.165, 1.54) is 19.3 Å². The summed E-state index contributed by atoms with van der Waals surface area (Å²) >= 11 is 0. The van der Waals surface area contributed by atoms with Crippen LogP contribution >= 0.6 is 0 Å². The molecule has 1 aromatic rings. The molecular weight excluding hydrogens is 164 g/mol. The first-order valence-electron chi connectivity index (χ1n) is 4.82. The standard InChI is InChI=1S/C9H18N4/c1-2-3-4-5-6-13-9(11)8(10)7-12-13/h7H,2-6,10-11H2,1H3. The van der Waals surface area contributed by atoms with Crippen LogP contribution in [0, 0.1) is 0 Å². The highest BCUT2D eigenvalue weighted by Crippen LogP contribution is 2.13. The Morgan fingerprint density at radius 3 is 2.62 bits per heavy atom. The first-order valence-corrected chi connectivity index (χ1v) is 4.82. The SMILES string of the molecule is CCCCCCn1ncc(N)c1N. The molecule has 4 N–H and O–H groups in total. The molecule has 0 saturated heterocycles. The Hall–Kier alpha value is -1.19. The molecule has 0 bridgehead atoms. The van der Waals surface area contributed by atoms with Gasteiger partial charge in [-0.2, -0.15) is 5.10 Å². The van der Waals surface area contributed by atoms with Crippen LogP contribution in [-0.2, 0) is 6.54 Å². The molecule has 13 heavy (non-hydrogen) atoms. The number of hydrogen-bond acceptors (Lipinski definition) is 3. The van der Waals surface area contributed by atoms with Crippen LogP contribution < -0.4 is 11.5 Å². The second-order valence-electron chi connectivity index (χ2n) is 3.27. The lowest BCUT2D eigenvalue weighted by atomic mass is 10.2. The summed E-state index contributed by atoms with van der Waals surface area (Å²) in [7, 11) is 0. The van der Waals surface area contributed by atoms with Gasteiger partial charge in [-0.15, -0.1) is 0 Å². The Bertz CT molecular complexity index is 254. The summed E-state index contributed by atoms with van der Waals surface area (Å²) in [5.74, 6) is 0.594. The van der Waals surface area contributed by atoms with Gasteiger partial charge in [0.15, 0.2) is 0 Å². The summed E-state index contributed by atoms with van der Waals surface area (Å²) in [4.78, 5) is 0. The monoisotopic (exact) mass is 182 g/mol. The topological polar surface area (TPSA) is 69.9 Å². The maximum atomic E-state index is 5.69. The maximum absolute atomic E-state index is 5.69. The van der Waals surface area contributed by atoms with Crippen molar-refractivity contribution in [2.75, 3.05) is 11.5 Å². The zero-order valence-corrected chi connectivity index (χ0v) is 8.16. The molecule has 74 valence electrons. The van der Waals surface area contributed by atoms with E-state index < -0.39 is 0 Å². The van der Waals surface area contributed by atoms with Gasteiger partial charge in [0, 0.05) is 6.54 Å². The van der Waals surface area contributed by atoms with Gasteiger partial charge in [-0.25, -0.2) is 4.68 Å². The Kier molecular flexibility index (Phi) is 3.61. The van der Waals surface area contributed by atoms with E-state index in [9.17, 15) is 0 Å². The van der Waals surface area contributed by atoms with E-state index in [4.69, 9.17) is 11.5 Å². The van der Waals surface area contributed by atoms with Crippen molar-refractivity contribution in [3.05, 3.63) is 6.20 Å². The largest absolute Gasteiger partial charge is 0.394 e. The highest BCUT2D eigenvalue weighted by molar-refractivity contribution is 5.56. The molecule has 0 unspecified atom stereocenters. The molecule has 4 nitrogen and oxygen atoms in total. The van der Waals surface area contributed by atoms with Crippen LogP contribution in [0.25, 0.3) is 0 Å². The molecule has 0 aromatic carbocycles. The zero-order chi connectivity index (χ0) is 9.68. The van der Waals surface area contributed by atoms with E-state index >= 15 is 0 Å². The number of nitrogens with zero attached hydrogens (tertiary/aromatic N) is 2. The molecule has 1 aromatic heterocycles. The first-order chi connectivity index (χ1) is 6.25. The molecular formula is C9H18N4. The number of anilines is 2. The number of unbranched alkanes of at least 4 members (excludes halogenated alkanes) is 3. The van der Waals surface area contributed by atoms with Crippen molar-refractivity contribution in [2.24, 2.45) is 0 Å². The Labute approximate surface area is 78.9 Å². The lowest BCUT2D eigenvalue weighted by Crippen LogP contribution is -2.05. The first kappa shape index (κ1) is 9.89. The van der Waals surface area contributed by atoms with Crippen LogP contribution in [0.2, 0.25) is 0 Å². The number of rotatable bonds is 5. The molecule has 0 atom stereocenters. The molecule has 0 aliphatic carbocycles. The molecule has 1 rings (SSSR count). The van der Waals surface area contributed by atoms with E-state index in [0.717, 1.165) is 13.0 Å². The van der Waals surface area contributed by atoms with Gasteiger partial charge in [-0.3, -0.25) is 0 Å². The minimum atomic E-state index is 0.579. The normalized spacial score (nSPS) is 10.5. The van der Waals surface area contributed by atoms with Gasteiger partial charge < -0.3 is 11.5 Å². The number of aromatic nitrogens is 2. The van der Waals surface area contributed by atoms with Crippen LogP contribution in [0.15, 0.2) is 6.20 Å². The summed E-state index contributed by atoms with van der Waals surface area (Å²) in [6.07, 6.45) is 6.48. The predicted molar refractivity (Wildman–Crippen MR) is 55.2 cm³/mol. The smallest absolute Gasteiger partial charge is 0.145 e. The highest BCUT2D eigenvalue weighted by atomic mass is 15.3. The van der Waals surface area contributed by atoms with Crippen molar-refractivity contribution in [1.29, 1.82) is 0 Å². The number of aryl methyl sites for hydroxylation is 1. The van der Waals surface area contributed by atoms with Crippen molar-refractivity contribution in [1.82, 2.24) is 9.78 Å². The van der Waals surface area contributed by atoms with Gasteiger partial charge in [-0.1, -0.05) is 26.2 Å². The van der Waals surface area contributed by atoms with Gasteiger partial charge in [0.2, 0.25) is 0 Å². The van der Waals surface area contributed by atoms with Crippen LogP contribution in [0.3, 0.4) is 0 Å².